The van der Waals surface area contributed by atoms with E-state index >= 15 is 0 Å². The maximum absolute atomic E-state index is 13.6. The molecule has 1 aromatic carbocycles. The number of nitro groups is 1. The number of nitrogens with zero attached hydrogens (tertiary/aromatic N) is 3. The number of nitrogen functional groups attached to an aromatic ring is 1. The lowest BCUT2D eigenvalue weighted by Crippen LogP contribution is -2.35. The zero-order valence-electron chi connectivity index (χ0n) is 16.9. The lowest BCUT2D eigenvalue weighted by atomic mass is 9.94. The first-order chi connectivity index (χ1) is 13.8. The Kier molecular flexibility index (Phi) is 6.55. The van der Waals surface area contributed by atoms with Crippen LogP contribution >= 0.6 is 0 Å². The van der Waals surface area contributed by atoms with Crippen molar-refractivity contribution in [2.75, 3.05) is 37.9 Å². The molecule has 30 heavy (non-hydrogen) atoms. The zero-order chi connectivity index (χ0) is 22.9. The second kappa shape index (κ2) is 8.42. The Hall–Kier alpha value is -2.95. The van der Waals surface area contributed by atoms with Crippen molar-refractivity contribution in [3.05, 3.63) is 45.8 Å². The number of pyridine rings is 1. The Morgan fingerprint density at radius 3 is 2.43 bits per heavy atom. The van der Waals surface area contributed by atoms with Gasteiger partial charge in [0.2, 0.25) is 5.82 Å². The van der Waals surface area contributed by atoms with Gasteiger partial charge in [-0.05, 0) is 24.3 Å². The number of rotatable bonds is 7. The van der Waals surface area contributed by atoms with Crippen molar-refractivity contribution in [2.45, 2.75) is 20.0 Å². The summed E-state index contributed by atoms with van der Waals surface area (Å²) >= 11 is 0. The summed E-state index contributed by atoms with van der Waals surface area (Å²) in [5.74, 6) is -1.89. The van der Waals surface area contributed by atoms with Gasteiger partial charge in [0, 0.05) is 31.7 Å². The molecular weight excluding hydrogens is 408 g/mol. The quantitative estimate of drug-likeness (QED) is 0.395. The predicted molar refractivity (Wildman–Crippen MR) is 105 cm³/mol. The van der Waals surface area contributed by atoms with Gasteiger partial charge >= 0.3 is 11.9 Å². The fourth-order valence-corrected chi connectivity index (χ4v) is 3.24. The van der Waals surface area contributed by atoms with Crippen LogP contribution in [0.25, 0.3) is 11.3 Å². The average Bonchev–Trinajstić information content (AvgIpc) is 2.59. The highest BCUT2D eigenvalue weighted by atomic mass is 19.4. The summed E-state index contributed by atoms with van der Waals surface area (Å²) < 4.78 is 58.0. The Bertz CT molecular complexity index is 948. The molecule has 0 amide bonds. The molecular formula is C19H22F4N4O3. The summed E-state index contributed by atoms with van der Waals surface area (Å²) in [5, 5.41) is 11.6. The normalized spacial score (nSPS) is 12.1. The number of anilines is 2. The van der Waals surface area contributed by atoms with Crippen LogP contribution in [0.15, 0.2) is 24.3 Å². The maximum atomic E-state index is 13.6. The molecule has 0 fully saturated rings. The van der Waals surface area contributed by atoms with Gasteiger partial charge in [-0.25, -0.2) is 9.37 Å². The van der Waals surface area contributed by atoms with Crippen molar-refractivity contribution in [1.29, 1.82) is 0 Å². The largest absolute Gasteiger partial charge is 0.419 e. The van der Waals surface area contributed by atoms with E-state index in [0.717, 1.165) is 6.07 Å². The Labute approximate surface area is 170 Å². The molecule has 2 aromatic rings. The van der Waals surface area contributed by atoms with Gasteiger partial charge in [0.15, 0.2) is 0 Å². The molecule has 0 atom stereocenters. The lowest BCUT2D eigenvalue weighted by molar-refractivity contribution is -0.383. The van der Waals surface area contributed by atoms with Gasteiger partial charge in [-0.1, -0.05) is 13.8 Å². The first-order valence-electron chi connectivity index (χ1n) is 8.79. The van der Waals surface area contributed by atoms with E-state index in [2.05, 4.69) is 4.98 Å². The topological polar surface area (TPSA) is 94.5 Å². The first kappa shape index (κ1) is 23.3. The predicted octanol–water partition coefficient (Wildman–Crippen LogP) is 4.51. The summed E-state index contributed by atoms with van der Waals surface area (Å²) in [7, 11) is 3.12. The van der Waals surface area contributed by atoms with Gasteiger partial charge in [-0.3, -0.25) is 10.1 Å². The molecule has 0 bridgehead atoms. The minimum atomic E-state index is -4.91. The number of nitrogens with two attached hydrogens (primary N) is 1. The van der Waals surface area contributed by atoms with E-state index in [1.807, 2.05) is 13.8 Å². The number of methoxy groups -OCH3 is 1. The molecule has 7 nitrogen and oxygen atoms in total. The smallest absolute Gasteiger partial charge is 0.384 e. The fourth-order valence-electron chi connectivity index (χ4n) is 3.24. The van der Waals surface area contributed by atoms with Crippen LogP contribution < -0.4 is 10.6 Å². The average molecular weight is 430 g/mol. The first-order valence-corrected chi connectivity index (χ1v) is 8.79. The molecule has 0 saturated heterocycles. The van der Waals surface area contributed by atoms with Crippen molar-refractivity contribution in [3.8, 4) is 11.3 Å². The standard InChI is InChI=1S/C19H22F4N4O3/c1-18(2,10-30-4)9-26(3)15-8-14(25-17(24)16(15)27(28)29)11-5-6-13(20)12(7-11)19(21,22)23/h5-8H,9-10H2,1-4H3,(H2,24,25). The maximum Gasteiger partial charge on any atom is 0.419 e. The third-order valence-electron chi connectivity index (χ3n) is 4.36. The molecule has 0 radical (unpaired) electrons. The van der Waals surface area contributed by atoms with Crippen LogP contribution in [-0.4, -0.2) is 37.2 Å². The second-order valence-electron chi connectivity index (χ2n) is 7.66. The summed E-state index contributed by atoms with van der Waals surface area (Å²) in [5.41, 5.74) is 3.41. The third-order valence-corrected chi connectivity index (χ3v) is 4.36. The monoisotopic (exact) mass is 430 g/mol. The fraction of sp³-hybridized carbons (Fsp3) is 0.421. The van der Waals surface area contributed by atoms with E-state index in [4.69, 9.17) is 10.5 Å². The van der Waals surface area contributed by atoms with Crippen molar-refractivity contribution in [1.82, 2.24) is 4.98 Å². The molecule has 11 heteroatoms. The van der Waals surface area contributed by atoms with Crippen molar-refractivity contribution in [3.63, 3.8) is 0 Å². The highest BCUT2D eigenvalue weighted by Crippen LogP contribution is 2.39. The number of benzene rings is 1. The van der Waals surface area contributed by atoms with Crippen LogP contribution in [0.1, 0.15) is 19.4 Å². The van der Waals surface area contributed by atoms with Gasteiger partial charge in [-0.15, -0.1) is 0 Å². The van der Waals surface area contributed by atoms with E-state index in [0.29, 0.717) is 25.3 Å². The Balaban J connectivity index is 2.61. The molecule has 1 heterocycles. The molecule has 0 spiro atoms. The minimum absolute atomic E-state index is 0.0463. The van der Waals surface area contributed by atoms with E-state index in [-0.39, 0.29) is 16.9 Å². The number of alkyl halides is 3. The number of ether oxygens (including phenoxy) is 1. The van der Waals surface area contributed by atoms with Crippen molar-refractivity contribution < 1.29 is 27.2 Å². The molecule has 0 aliphatic carbocycles. The Morgan fingerprint density at radius 1 is 1.27 bits per heavy atom. The van der Waals surface area contributed by atoms with Gasteiger partial charge in [0.05, 0.1) is 22.8 Å². The van der Waals surface area contributed by atoms with Crippen LogP contribution in [-0.2, 0) is 10.9 Å². The van der Waals surface area contributed by atoms with E-state index < -0.39 is 39.4 Å². The van der Waals surface area contributed by atoms with Crippen LogP contribution in [0.5, 0.6) is 0 Å². The number of hydrogen-bond donors (Lipinski definition) is 1. The molecule has 0 saturated carbocycles. The van der Waals surface area contributed by atoms with E-state index in [1.165, 1.54) is 13.2 Å². The molecule has 1 aromatic heterocycles. The summed E-state index contributed by atoms with van der Waals surface area (Å²) in [6.07, 6.45) is -4.91. The van der Waals surface area contributed by atoms with Gasteiger partial charge in [0.25, 0.3) is 0 Å². The van der Waals surface area contributed by atoms with Gasteiger partial charge in [-0.2, -0.15) is 13.2 Å². The van der Waals surface area contributed by atoms with Crippen LogP contribution in [0.4, 0.5) is 34.8 Å². The van der Waals surface area contributed by atoms with Crippen LogP contribution in [0.2, 0.25) is 0 Å². The molecule has 2 N–H and O–H groups in total. The number of halogens is 4. The molecule has 164 valence electrons. The molecule has 2 rings (SSSR count). The van der Waals surface area contributed by atoms with E-state index in [9.17, 15) is 27.7 Å². The summed E-state index contributed by atoms with van der Waals surface area (Å²) in [4.78, 5) is 16.3. The van der Waals surface area contributed by atoms with E-state index in [1.54, 1.807) is 11.9 Å². The van der Waals surface area contributed by atoms with Crippen molar-refractivity contribution in [2.24, 2.45) is 5.41 Å². The summed E-state index contributed by atoms with van der Waals surface area (Å²) in [6, 6.07) is 3.64. The SMILES string of the molecule is COCC(C)(C)CN(C)c1cc(-c2ccc(F)c(C(F)(F)F)c2)nc(N)c1[N+](=O)[O-]. The lowest BCUT2D eigenvalue weighted by Gasteiger charge is -2.31. The van der Waals surface area contributed by atoms with Gasteiger partial charge in [0.1, 0.15) is 11.5 Å². The molecule has 0 unspecified atom stereocenters. The second-order valence-corrected chi connectivity index (χ2v) is 7.66. The van der Waals surface area contributed by atoms with Crippen molar-refractivity contribution >= 4 is 17.2 Å². The van der Waals surface area contributed by atoms with Crippen LogP contribution in [0.3, 0.4) is 0 Å². The summed E-state index contributed by atoms with van der Waals surface area (Å²) in [6.45, 7) is 4.47. The number of hydrogen-bond acceptors (Lipinski definition) is 6. The highest BCUT2D eigenvalue weighted by Gasteiger charge is 2.35. The number of aromatic nitrogens is 1. The minimum Gasteiger partial charge on any atom is -0.384 e. The zero-order valence-corrected chi connectivity index (χ0v) is 16.9. The molecule has 0 aliphatic rings. The van der Waals surface area contributed by atoms with Gasteiger partial charge < -0.3 is 15.4 Å². The highest BCUT2D eigenvalue weighted by molar-refractivity contribution is 5.79. The third kappa shape index (κ3) is 5.15. The Morgan fingerprint density at radius 2 is 1.90 bits per heavy atom. The van der Waals surface area contributed by atoms with Crippen LogP contribution in [0, 0.1) is 21.3 Å². The molecule has 0 aliphatic heterocycles.